The molecular formula is C12H11BrN2O2. The van der Waals surface area contributed by atoms with Crippen molar-refractivity contribution in [3.05, 3.63) is 22.3 Å². The van der Waals surface area contributed by atoms with Gasteiger partial charge in [0, 0.05) is 28.1 Å². The minimum atomic E-state index is 0.0890. The Morgan fingerprint density at radius 2 is 2.12 bits per heavy atom. The fourth-order valence-corrected chi connectivity index (χ4v) is 3.86. The number of aromatic nitrogens is 1. The quantitative estimate of drug-likeness (QED) is 0.793. The van der Waals surface area contributed by atoms with Crippen LogP contribution in [0.5, 0.6) is 0 Å². The number of halogens is 1. The maximum Gasteiger partial charge on any atom is 0.229 e. The zero-order valence-corrected chi connectivity index (χ0v) is 10.6. The first kappa shape index (κ1) is 10.0. The van der Waals surface area contributed by atoms with Gasteiger partial charge in [0.15, 0.2) is 0 Å². The predicted molar refractivity (Wildman–Crippen MR) is 64.6 cm³/mol. The predicted octanol–water partition coefficient (Wildman–Crippen LogP) is 1.77. The summed E-state index contributed by atoms with van der Waals surface area (Å²) >= 11 is 3.44. The summed E-state index contributed by atoms with van der Waals surface area (Å²) in [5.74, 6) is 2.14. The van der Waals surface area contributed by atoms with E-state index in [1.165, 1.54) is 0 Å². The van der Waals surface area contributed by atoms with Gasteiger partial charge in [-0.2, -0.15) is 0 Å². The Bertz CT molecular complexity index is 519. The molecule has 0 bridgehead atoms. The SMILES string of the molecule is O=C1Nc2ncc(Br)cc2[C@H]2[C@@H]3COC[C@@H]3[C@@H]12. The number of carbonyl (C=O) groups is 1. The van der Waals surface area contributed by atoms with Gasteiger partial charge in [0.2, 0.25) is 5.91 Å². The summed E-state index contributed by atoms with van der Waals surface area (Å²) in [5.41, 5.74) is 1.16. The smallest absolute Gasteiger partial charge is 0.229 e. The molecular weight excluding hydrogens is 284 g/mol. The number of rotatable bonds is 0. The van der Waals surface area contributed by atoms with Crippen LogP contribution in [0.1, 0.15) is 11.5 Å². The molecule has 1 N–H and O–H groups in total. The summed E-state index contributed by atoms with van der Waals surface area (Å²) in [6.07, 6.45) is 1.72. The Balaban J connectivity index is 1.83. The molecule has 3 aliphatic rings. The average Bonchev–Trinajstić information content (AvgIpc) is 2.66. The lowest BCUT2D eigenvalue weighted by Gasteiger charge is -2.49. The molecule has 4 atom stereocenters. The van der Waals surface area contributed by atoms with E-state index in [2.05, 4.69) is 32.3 Å². The van der Waals surface area contributed by atoms with E-state index in [0.717, 1.165) is 29.1 Å². The molecule has 0 radical (unpaired) electrons. The van der Waals surface area contributed by atoms with Gasteiger partial charge in [-0.3, -0.25) is 4.79 Å². The molecule has 1 amide bonds. The number of nitrogens with one attached hydrogen (secondary N) is 1. The number of ether oxygens (including phenoxy) is 1. The molecule has 0 aromatic carbocycles. The first-order valence-corrected chi connectivity index (χ1v) is 6.59. The fraction of sp³-hybridized carbons (Fsp3) is 0.500. The van der Waals surface area contributed by atoms with Gasteiger partial charge >= 0.3 is 0 Å². The van der Waals surface area contributed by atoms with Gasteiger partial charge in [0.1, 0.15) is 5.82 Å². The van der Waals surface area contributed by atoms with Gasteiger partial charge in [0.25, 0.3) is 0 Å². The topological polar surface area (TPSA) is 51.2 Å². The Morgan fingerprint density at radius 1 is 1.35 bits per heavy atom. The van der Waals surface area contributed by atoms with Crippen LogP contribution in [0.2, 0.25) is 0 Å². The largest absolute Gasteiger partial charge is 0.381 e. The molecule has 2 fully saturated rings. The first-order chi connectivity index (χ1) is 8.25. The van der Waals surface area contributed by atoms with Crippen LogP contribution in [0.3, 0.4) is 0 Å². The van der Waals surface area contributed by atoms with Crippen LogP contribution in [0.4, 0.5) is 5.82 Å². The Hall–Kier alpha value is -0.940. The Labute approximate surface area is 107 Å². The lowest BCUT2D eigenvalue weighted by molar-refractivity contribution is -0.129. The number of hydrogen-bond acceptors (Lipinski definition) is 3. The number of fused-ring (bicyclic) bond motifs is 6. The summed E-state index contributed by atoms with van der Waals surface area (Å²) in [6.45, 7) is 1.51. The van der Waals surface area contributed by atoms with E-state index in [1.54, 1.807) is 6.20 Å². The normalized spacial score (nSPS) is 37.6. The standard InChI is InChI=1S/C12H11BrN2O2/c13-5-1-6-9-7-3-17-4-8(7)10(9)12(16)15-11(6)14-2-5/h1-2,7-10H,3-4H2,(H,14,15,16)/t7-,8+,9+,10-/m1/s1. The number of hydrogen-bond donors (Lipinski definition) is 1. The van der Waals surface area contributed by atoms with Crippen molar-refractivity contribution in [2.75, 3.05) is 18.5 Å². The van der Waals surface area contributed by atoms with Crippen molar-refractivity contribution in [2.24, 2.45) is 17.8 Å². The van der Waals surface area contributed by atoms with E-state index in [-0.39, 0.29) is 11.8 Å². The number of anilines is 1. The Morgan fingerprint density at radius 3 is 2.94 bits per heavy atom. The molecule has 1 aromatic heterocycles. The lowest BCUT2D eigenvalue weighted by atomic mass is 9.54. The number of pyridine rings is 1. The van der Waals surface area contributed by atoms with Gasteiger partial charge < -0.3 is 10.1 Å². The fourth-order valence-electron chi connectivity index (χ4n) is 3.51. The van der Waals surface area contributed by atoms with E-state index >= 15 is 0 Å². The number of amides is 1. The zero-order chi connectivity index (χ0) is 11.6. The molecule has 17 heavy (non-hydrogen) atoms. The van der Waals surface area contributed by atoms with Gasteiger partial charge in [-0.05, 0) is 27.9 Å². The van der Waals surface area contributed by atoms with Crippen molar-refractivity contribution in [1.29, 1.82) is 0 Å². The second-order valence-corrected chi connectivity index (χ2v) is 5.91. The lowest BCUT2D eigenvalue weighted by Crippen LogP contribution is -2.53. The van der Waals surface area contributed by atoms with Gasteiger partial charge in [-0.15, -0.1) is 0 Å². The summed E-state index contributed by atoms with van der Waals surface area (Å²) in [6, 6.07) is 2.08. The first-order valence-electron chi connectivity index (χ1n) is 5.80. The highest BCUT2D eigenvalue weighted by atomic mass is 79.9. The second kappa shape index (κ2) is 3.29. The molecule has 0 unspecified atom stereocenters. The van der Waals surface area contributed by atoms with Crippen LogP contribution in [0.25, 0.3) is 0 Å². The Kier molecular flexibility index (Phi) is 1.94. The van der Waals surface area contributed by atoms with Crippen LogP contribution in [-0.2, 0) is 9.53 Å². The molecule has 4 rings (SSSR count). The molecule has 3 heterocycles. The molecule has 0 spiro atoms. The van der Waals surface area contributed by atoms with Crippen LogP contribution in [0.15, 0.2) is 16.7 Å². The third-order valence-corrected chi connectivity index (χ3v) is 4.70. The maximum atomic E-state index is 12.0. The molecule has 1 saturated heterocycles. The van der Waals surface area contributed by atoms with E-state index in [9.17, 15) is 4.79 Å². The highest BCUT2D eigenvalue weighted by Crippen LogP contribution is 2.58. The van der Waals surface area contributed by atoms with Crippen LogP contribution in [-0.4, -0.2) is 24.1 Å². The molecule has 88 valence electrons. The summed E-state index contributed by atoms with van der Waals surface area (Å²) in [7, 11) is 0. The van der Waals surface area contributed by atoms with Crippen molar-refractivity contribution in [3.63, 3.8) is 0 Å². The second-order valence-electron chi connectivity index (χ2n) is 5.00. The molecule has 1 saturated carbocycles. The number of carbonyl (C=O) groups excluding carboxylic acids is 1. The van der Waals surface area contributed by atoms with Gasteiger partial charge in [-0.25, -0.2) is 4.98 Å². The van der Waals surface area contributed by atoms with E-state index < -0.39 is 0 Å². The molecule has 1 aliphatic carbocycles. The number of nitrogens with zero attached hydrogens (tertiary/aromatic N) is 1. The van der Waals surface area contributed by atoms with E-state index in [1.807, 2.05) is 0 Å². The van der Waals surface area contributed by atoms with Crippen LogP contribution < -0.4 is 5.32 Å². The summed E-state index contributed by atoms with van der Waals surface area (Å²) < 4.78 is 6.47. The van der Waals surface area contributed by atoms with E-state index in [0.29, 0.717) is 17.8 Å². The van der Waals surface area contributed by atoms with Crippen molar-refractivity contribution >= 4 is 27.7 Å². The minimum absolute atomic E-state index is 0.0890. The van der Waals surface area contributed by atoms with Crippen molar-refractivity contribution in [1.82, 2.24) is 4.98 Å². The van der Waals surface area contributed by atoms with Crippen molar-refractivity contribution < 1.29 is 9.53 Å². The van der Waals surface area contributed by atoms with Crippen molar-refractivity contribution in [3.8, 4) is 0 Å². The van der Waals surface area contributed by atoms with Gasteiger partial charge in [0.05, 0.1) is 19.1 Å². The highest BCUT2D eigenvalue weighted by Gasteiger charge is 2.59. The molecule has 5 heteroatoms. The molecule has 1 aromatic rings. The maximum absolute atomic E-state index is 12.0. The van der Waals surface area contributed by atoms with Crippen LogP contribution in [0, 0.1) is 17.8 Å². The molecule has 4 nitrogen and oxygen atoms in total. The summed E-state index contributed by atoms with van der Waals surface area (Å²) in [4.78, 5) is 16.3. The molecule has 2 aliphatic heterocycles. The minimum Gasteiger partial charge on any atom is -0.381 e. The van der Waals surface area contributed by atoms with Crippen LogP contribution >= 0.6 is 15.9 Å². The van der Waals surface area contributed by atoms with E-state index in [4.69, 9.17) is 4.74 Å². The highest BCUT2D eigenvalue weighted by molar-refractivity contribution is 9.10. The zero-order valence-electron chi connectivity index (χ0n) is 9.02. The third kappa shape index (κ3) is 1.21. The average molecular weight is 295 g/mol. The summed E-state index contributed by atoms with van der Waals surface area (Å²) in [5, 5.41) is 2.90. The third-order valence-electron chi connectivity index (χ3n) is 4.27. The monoisotopic (exact) mass is 294 g/mol. The van der Waals surface area contributed by atoms with Gasteiger partial charge in [-0.1, -0.05) is 0 Å². The van der Waals surface area contributed by atoms with Crippen molar-refractivity contribution in [2.45, 2.75) is 5.92 Å².